The minimum atomic E-state index is -0.526. The maximum Gasteiger partial charge on any atom is 0.267 e. The lowest BCUT2D eigenvalue weighted by atomic mass is 10.1. The van der Waals surface area contributed by atoms with Crippen molar-refractivity contribution in [3.8, 4) is 5.75 Å². The molecule has 0 bridgehead atoms. The zero-order valence-corrected chi connectivity index (χ0v) is 15.5. The minimum absolute atomic E-state index is 0.0851. The average Bonchev–Trinajstić information content (AvgIpc) is 2.91. The number of carbonyl (C=O) groups excluding carboxylic acids is 3. The van der Waals surface area contributed by atoms with Crippen molar-refractivity contribution in [1.82, 2.24) is 9.80 Å². The number of likely N-dealkylation sites (N-methyl/N-ethyl adjacent to an activating group) is 1. The molecule has 1 aromatic rings. The van der Waals surface area contributed by atoms with Gasteiger partial charge in [-0.25, -0.2) is 0 Å². The van der Waals surface area contributed by atoms with Gasteiger partial charge in [-0.1, -0.05) is 6.92 Å². The third kappa shape index (κ3) is 3.38. The van der Waals surface area contributed by atoms with Crippen molar-refractivity contribution < 1.29 is 19.1 Å². The Morgan fingerprint density at radius 3 is 2.58 bits per heavy atom. The Balaban J connectivity index is 1.76. The summed E-state index contributed by atoms with van der Waals surface area (Å²) in [4.78, 5) is 42.0. The average molecular weight is 359 g/mol. The maximum atomic E-state index is 12.9. The Kier molecular flexibility index (Phi) is 5.15. The first kappa shape index (κ1) is 18.2. The van der Waals surface area contributed by atoms with E-state index in [-0.39, 0.29) is 17.7 Å². The first-order valence-corrected chi connectivity index (χ1v) is 9.07. The van der Waals surface area contributed by atoms with Crippen LogP contribution in [0, 0.1) is 0 Å². The van der Waals surface area contributed by atoms with Crippen molar-refractivity contribution in [3.63, 3.8) is 0 Å². The molecule has 2 aliphatic heterocycles. The van der Waals surface area contributed by atoms with E-state index in [1.54, 1.807) is 37.1 Å². The quantitative estimate of drug-likeness (QED) is 0.803. The first-order valence-electron chi connectivity index (χ1n) is 9.07. The van der Waals surface area contributed by atoms with Crippen molar-refractivity contribution in [2.24, 2.45) is 0 Å². The van der Waals surface area contributed by atoms with Crippen LogP contribution in [0.15, 0.2) is 18.2 Å². The van der Waals surface area contributed by atoms with Gasteiger partial charge in [-0.3, -0.25) is 14.4 Å². The molecule has 7 heteroatoms. The summed E-state index contributed by atoms with van der Waals surface area (Å²) < 4.78 is 5.61. The van der Waals surface area contributed by atoms with Crippen molar-refractivity contribution in [1.29, 1.82) is 0 Å². The van der Waals surface area contributed by atoms with Gasteiger partial charge in [-0.15, -0.1) is 0 Å². The monoisotopic (exact) mass is 359 g/mol. The van der Waals surface area contributed by atoms with E-state index in [2.05, 4.69) is 0 Å². The highest BCUT2D eigenvalue weighted by molar-refractivity contribution is 6.02. The number of amides is 3. The van der Waals surface area contributed by atoms with Gasteiger partial charge in [-0.2, -0.15) is 0 Å². The van der Waals surface area contributed by atoms with Gasteiger partial charge in [0.2, 0.25) is 5.91 Å². The van der Waals surface area contributed by atoms with Crippen molar-refractivity contribution >= 4 is 23.4 Å². The van der Waals surface area contributed by atoms with Crippen molar-refractivity contribution in [2.45, 2.75) is 32.8 Å². The lowest BCUT2D eigenvalue weighted by molar-refractivity contribution is -0.130. The van der Waals surface area contributed by atoms with E-state index in [4.69, 9.17) is 4.74 Å². The first-order chi connectivity index (χ1) is 12.4. The zero-order chi connectivity index (χ0) is 18.8. The molecule has 0 radical (unpaired) electrons. The Labute approximate surface area is 153 Å². The van der Waals surface area contributed by atoms with Gasteiger partial charge < -0.3 is 19.4 Å². The summed E-state index contributed by atoms with van der Waals surface area (Å²) in [6.07, 6.45) is 0.723. The second-order valence-corrected chi connectivity index (χ2v) is 6.72. The van der Waals surface area contributed by atoms with E-state index < -0.39 is 6.10 Å². The summed E-state index contributed by atoms with van der Waals surface area (Å²) in [5.41, 5.74) is 1.13. The Hall–Kier alpha value is -2.57. The van der Waals surface area contributed by atoms with Crippen LogP contribution in [0.25, 0.3) is 0 Å². The number of hydrogen-bond acceptors (Lipinski definition) is 4. The smallest absolute Gasteiger partial charge is 0.267 e. The molecule has 1 unspecified atom stereocenters. The molecule has 140 valence electrons. The van der Waals surface area contributed by atoms with Gasteiger partial charge in [0.25, 0.3) is 11.8 Å². The Bertz CT molecular complexity index is 733. The third-order valence-corrected chi connectivity index (χ3v) is 4.99. The number of ether oxygens (including phenoxy) is 1. The molecular weight excluding hydrogens is 334 g/mol. The van der Waals surface area contributed by atoms with E-state index in [1.165, 1.54) is 4.90 Å². The fourth-order valence-electron chi connectivity index (χ4n) is 3.42. The van der Waals surface area contributed by atoms with Crippen LogP contribution in [0.4, 0.5) is 5.69 Å². The fraction of sp³-hybridized carbons (Fsp3) is 0.526. The second kappa shape index (κ2) is 7.35. The molecule has 1 saturated heterocycles. The topological polar surface area (TPSA) is 70.2 Å². The normalized spacial score (nSPS) is 20.3. The maximum absolute atomic E-state index is 12.9. The predicted molar refractivity (Wildman–Crippen MR) is 97.3 cm³/mol. The molecule has 0 spiro atoms. The van der Waals surface area contributed by atoms with Gasteiger partial charge in [0.1, 0.15) is 5.75 Å². The van der Waals surface area contributed by atoms with E-state index in [0.717, 1.165) is 6.42 Å². The largest absolute Gasteiger partial charge is 0.479 e. The number of anilines is 1. The second-order valence-electron chi connectivity index (χ2n) is 6.72. The predicted octanol–water partition coefficient (Wildman–Crippen LogP) is 1.51. The minimum Gasteiger partial charge on any atom is -0.479 e. The molecule has 2 heterocycles. The van der Waals surface area contributed by atoms with Crippen LogP contribution in [0.3, 0.4) is 0 Å². The van der Waals surface area contributed by atoms with E-state index >= 15 is 0 Å². The molecule has 1 aromatic carbocycles. The number of benzene rings is 1. The van der Waals surface area contributed by atoms with Crippen molar-refractivity contribution in [3.05, 3.63) is 23.8 Å². The molecule has 7 nitrogen and oxygen atoms in total. The summed E-state index contributed by atoms with van der Waals surface area (Å²) in [7, 11) is 1.69. The number of fused-ring (bicyclic) bond motifs is 1. The molecule has 0 saturated carbocycles. The third-order valence-electron chi connectivity index (χ3n) is 4.99. The van der Waals surface area contributed by atoms with Crippen LogP contribution >= 0.6 is 0 Å². The van der Waals surface area contributed by atoms with Gasteiger partial charge in [0.05, 0.1) is 5.69 Å². The molecule has 26 heavy (non-hydrogen) atoms. The lowest BCUT2D eigenvalue weighted by Gasteiger charge is -2.31. The number of carbonyl (C=O) groups is 3. The highest BCUT2D eigenvalue weighted by atomic mass is 16.5. The Morgan fingerprint density at radius 1 is 1.15 bits per heavy atom. The van der Waals surface area contributed by atoms with Crippen molar-refractivity contribution in [2.75, 3.05) is 38.1 Å². The van der Waals surface area contributed by atoms with Crippen LogP contribution in [0.1, 0.15) is 37.0 Å². The van der Waals surface area contributed by atoms with Crippen LogP contribution in [0.5, 0.6) is 5.75 Å². The van der Waals surface area contributed by atoms with E-state index in [0.29, 0.717) is 49.6 Å². The highest BCUT2D eigenvalue weighted by Gasteiger charge is 2.30. The van der Waals surface area contributed by atoms with Gasteiger partial charge >= 0.3 is 0 Å². The zero-order valence-electron chi connectivity index (χ0n) is 15.5. The molecular formula is C19H25N3O4. The summed E-state index contributed by atoms with van der Waals surface area (Å²) in [5.74, 6) is 0.509. The fourth-order valence-corrected chi connectivity index (χ4v) is 3.42. The van der Waals surface area contributed by atoms with Gasteiger partial charge in [-0.05, 0) is 31.5 Å². The number of nitrogens with zero attached hydrogens (tertiary/aromatic N) is 3. The summed E-state index contributed by atoms with van der Waals surface area (Å²) >= 11 is 0. The Morgan fingerprint density at radius 2 is 1.85 bits per heavy atom. The van der Waals surface area contributed by atoms with E-state index in [1.807, 2.05) is 11.8 Å². The molecule has 3 rings (SSSR count). The molecule has 1 fully saturated rings. The molecule has 0 aliphatic carbocycles. The number of hydrogen-bond donors (Lipinski definition) is 0. The van der Waals surface area contributed by atoms with E-state index in [9.17, 15) is 14.4 Å². The highest BCUT2D eigenvalue weighted by Crippen LogP contribution is 2.34. The molecule has 0 aromatic heterocycles. The molecule has 0 N–H and O–H groups in total. The lowest BCUT2D eigenvalue weighted by Crippen LogP contribution is -2.42. The summed E-state index contributed by atoms with van der Waals surface area (Å²) in [6.45, 7) is 5.94. The summed E-state index contributed by atoms with van der Waals surface area (Å²) in [6, 6.07) is 5.19. The standard InChI is InChI=1S/C19H25N3O4/c1-4-17(23)21-8-5-9-22(11-10-21)19(25)14-6-7-16-15(12-14)20(3)18(24)13(2)26-16/h6-7,12-13H,4-5,8-11H2,1-3H3. The van der Waals surface area contributed by atoms with Crippen LogP contribution in [0.2, 0.25) is 0 Å². The number of rotatable bonds is 2. The van der Waals surface area contributed by atoms with Crippen LogP contribution < -0.4 is 9.64 Å². The molecule has 1 atom stereocenters. The SMILES string of the molecule is CCC(=O)N1CCCN(C(=O)c2ccc3c(c2)N(C)C(=O)C(C)O3)CC1. The van der Waals surface area contributed by atoms with Crippen LogP contribution in [-0.2, 0) is 9.59 Å². The summed E-state index contributed by atoms with van der Waals surface area (Å²) in [5, 5.41) is 0. The van der Waals surface area contributed by atoms with Gasteiger partial charge in [0.15, 0.2) is 6.10 Å². The molecule has 2 aliphatic rings. The molecule has 3 amide bonds. The van der Waals surface area contributed by atoms with Gasteiger partial charge in [0, 0.05) is 45.2 Å². The van der Waals surface area contributed by atoms with Crippen LogP contribution in [-0.4, -0.2) is 66.9 Å².